The fraction of sp³-hybridized carbons (Fsp3) is 0.500. The molecule has 1 atom stereocenters. The second-order valence-corrected chi connectivity index (χ2v) is 7.92. The highest BCUT2D eigenvalue weighted by molar-refractivity contribution is 5.79. The van der Waals surface area contributed by atoms with Crippen molar-refractivity contribution in [3.63, 3.8) is 0 Å². The first-order chi connectivity index (χ1) is 14.2. The highest BCUT2D eigenvalue weighted by atomic mass is 16.5. The molecule has 0 bridgehead atoms. The fourth-order valence-corrected chi connectivity index (χ4v) is 4.53. The first-order valence-electron chi connectivity index (χ1n) is 10.4. The van der Waals surface area contributed by atoms with Crippen molar-refractivity contribution < 1.29 is 14.3 Å². The number of benzene rings is 1. The molecule has 2 N–H and O–H groups in total. The maximum atomic E-state index is 13.2. The number of alkyl carbamates (subject to hydrolysis) is 1. The molecule has 2 heterocycles. The zero-order valence-electron chi connectivity index (χ0n) is 16.8. The van der Waals surface area contributed by atoms with Gasteiger partial charge < -0.3 is 19.9 Å². The van der Waals surface area contributed by atoms with E-state index < -0.39 is 6.09 Å². The molecule has 2 aliphatic rings. The summed E-state index contributed by atoms with van der Waals surface area (Å²) in [6, 6.07) is 10.2. The Morgan fingerprint density at radius 1 is 1.14 bits per heavy atom. The average molecular weight is 396 g/mol. The summed E-state index contributed by atoms with van der Waals surface area (Å²) in [5.41, 5.74) is 2.08. The minimum atomic E-state index is -0.397. The first kappa shape index (κ1) is 19.5. The third-order valence-corrected chi connectivity index (χ3v) is 6.12. The van der Waals surface area contributed by atoms with Crippen LogP contribution in [0.4, 0.5) is 4.79 Å². The van der Waals surface area contributed by atoms with E-state index in [4.69, 9.17) is 0 Å². The minimum absolute atomic E-state index is 0.0193. The molecule has 2 amide bonds. The molecule has 1 aromatic carbocycles. The van der Waals surface area contributed by atoms with Gasteiger partial charge in [0.15, 0.2) is 0 Å². The molecule has 0 unspecified atom stereocenters. The van der Waals surface area contributed by atoms with Crippen LogP contribution in [-0.2, 0) is 9.53 Å². The van der Waals surface area contributed by atoms with Crippen LogP contribution in [0.1, 0.15) is 50.4 Å². The molecule has 2 fully saturated rings. The zero-order valence-corrected chi connectivity index (χ0v) is 16.8. The van der Waals surface area contributed by atoms with Crippen LogP contribution in [-0.4, -0.2) is 46.6 Å². The van der Waals surface area contributed by atoms with Gasteiger partial charge in [-0.05, 0) is 44.1 Å². The van der Waals surface area contributed by atoms with Gasteiger partial charge in [-0.25, -0.2) is 9.78 Å². The lowest BCUT2D eigenvalue weighted by Gasteiger charge is -2.32. The van der Waals surface area contributed by atoms with Crippen LogP contribution in [0.5, 0.6) is 0 Å². The van der Waals surface area contributed by atoms with E-state index in [9.17, 15) is 9.59 Å². The van der Waals surface area contributed by atoms with Crippen molar-refractivity contribution in [2.45, 2.75) is 50.6 Å². The summed E-state index contributed by atoms with van der Waals surface area (Å²) >= 11 is 0. The van der Waals surface area contributed by atoms with Gasteiger partial charge in [0, 0.05) is 18.5 Å². The number of imidazole rings is 1. The summed E-state index contributed by atoms with van der Waals surface area (Å²) < 4.78 is 4.67. The highest BCUT2D eigenvalue weighted by Gasteiger charge is 2.37. The van der Waals surface area contributed by atoms with Crippen molar-refractivity contribution in [2.24, 2.45) is 5.92 Å². The number of amides is 2. The molecule has 4 rings (SSSR count). The maximum absolute atomic E-state index is 13.2. The van der Waals surface area contributed by atoms with Crippen LogP contribution >= 0.6 is 0 Å². The standard InChI is InChI=1S/C22H28N4O3/c1-29-22(28)24-17-11-9-16(10-12-17)21(27)26-13-5-8-19(26)20-23-14-18(25-20)15-6-3-2-4-7-15/h2-4,6-7,14,16-17,19H,5,8-13H2,1H3,(H,23,25)(H,24,28)/t16-,17-,19-/m0/s1. The van der Waals surface area contributed by atoms with Crippen molar-refractivity contribution in [2.75, 3.05) is 13.7 Å². The lowest BCUT2D eigenvalue weighted by Crippen LogP contribution is -2.42. The third kappa shape index (κ3) is 4.28. The molecule has 1 saturated heterocycles. The Labute approximate surface area is 170 Å². The minimum Gasteiger partial charge on any atom is -0.453 e. The summed E-state index contributed by atoms with van der Waals surface area (Å²) in [6.45, 7) is 0.783. The molecule has 1 aliphatic heterocycles. The van der Waals surface area contributed by atoms with E-state index in [2.05, 4.69) is 32.2 Å². The van der Waals surface area contributed by atoms with Gasteiger partial charge in [-0.3, -0.25) is 4.79 Å². The predicted octanol–water partition coefficient (Wildman–Crippen LogP) is 3.66. The van der Waals surface area contributed by atoms with Crippen molar-refractivity contribution in [3.8, 4) is 11.3 Å². The van der Waals surface area contributed by atoms with Crippen molar-refractivity contribution in [1.29, 1.82) is 0 Å². The number of hydrogen-bond acceptors (Lipinski definition) is 4. The molecule has 2 aromatic rings. The van der Waals surface area contributed by atoms with E-state index in [0.717, 1.165) is 62.2 Å². The SMILES string of the molecule is COC(=O)N[C@H]1CC[C@H](C(=O)N2CCC[C@H]2c2ncc(-c3ccccc3)[nH]2)CC1. The van der Waals surface area contributed by atoms with Gasteiger partial charge in [0.05, 0.1) is 25.0 Å². The zero-order chi connectivity index (χ0) is 20.2. The molecular weight excluding hydrogens is 368 g/mol. The molecule has 7 heteroatoms. The van der Waals surface area contributed by atoms with E-state index in [1.54, 1.807) is 0 Å². The predicted molar refractivity (Wildman–Crippen MR) is 109 cm³/mol. The van der Waals surface area contributed by atoms with Gasteiger partial charge in [0.1, 0.15) is 5.82 Å². The largest absolute Gasteiger partial charge is 0.453 e. The van der Waals surface area contributed by atoms with E-state index in [1.165, 1.54) is 7.11 Å². The van der Waals surface area contributed by atoms with Crippen LogP contribution in [0, 0.1) is 5.92 Å². The van der Waals surface area contributed by atoms with E-state index >= 15 is 0 Å². The molecule has 154 valence electrons. The molecule has 0 spiro atoms. The molecule has 7 nitrogen and oxygen atoms in total. The van der Waals surface area contributed by atoms with E-state index in [1.807, 2.05) is 29.3 Å². The molecule has 0 radical (unpaired) electrons. The van der Waals surface area contributed by atoms with Crippen LogP contribution in [0.25, 0.3) is 11.3 Å². The number of carbonyl (C=O) groups excluding carboxylic acids is 2. The quantitative estimate of drug-likeness (QED) is 0.826. The van der Waals surface area contributed by atoms with Crippen LogP contribution in [0.3, 0.4) is 0 Å². The number of methoxy groups -OCH3 is 1. The number of H-pyrrole nitrogens is 1. The van der Waals surface area contributed by atoms with E-state index in [0.29, 0.717) is 0 Å². The number of nitrogens with zero attached hydrogens (tertiary/aromatic N) is 2. The first-order valence-corrected chi connectivity index (χ1v) is 10.4. The summed E-state index contributed by atoms with van der Waals surface area (Å²) in [5.74, 6) is 1.12. The third-order valence-electron chi connectivity index (χ3n) is 6.12. The van der Waals surface area contributed by atoms with Gasteiger partial charge in [0.2, 0.25) is 5.91 Å². The second kappa shape index (κ2) is 8.68. The van der Waals surface area contributed by atoms with Crippen LogP contribution in [0.15, 0.2) is 36.5 Å². The number of ether oxygens (including phenoxy) is 1. The summed E-state index contributed by atoms with van der Waals surface area (Å²) in [6.07, 6.45) is 6.60. The van der Waals surface area contributed by atoms with E-state index in [-0.39, 0.29) is 23.9 Å². The normalized spacial score (nSPS) is 24.3. The summed E-state index contributed by atoms with van der Waals surface area (Å²) in [5, 5.41) is 2.85. The Morgan fingerprint density at radius 2 is 1.90 bits per heavy atom. The number of likely N-dealkylation sites (tertiary alicyclic amines) is 1. The monoisotopic (exact) mass is 396 g/mol. The van der Waals surface area contributed by atoms with Crippen LogP contribution in [0.2, 0.25) is 0 Å². The lowest BCUT2D eigenvalue weighted by atomic mass is 9.85. The van der Waals surface area contributed by atoms with Gasteiger partial charge in [-0.15, -0.1) is 0 Å². The lowest BCUT2D eigenvalue weighted by molar-refractivity contribution is -0.137. The average Bonchev–Trinajstić information content (AvgIpc) is 3.44. The Bertz CT molecular complexity index is 843. The van der Waals surface area contributed by atoms with Gasteiger partial charge >= 0.3 is 6.09 Å². The van der Waals surface area contributed by atoms with Gasteiger partial charge in [-0.2, -0.15) is 0 Å². The Hall–Kier alpha value is -2.83. The van der Waals surface area contributed by atoms with Crippen molar-refractivity contribution in [1.82, 2.24) is 20.2 Å². The molecule has 1 saturated carbocycles. The number of hydrogen-bond donors (Lipinski definition) is 2. The number of aromatic nitrogens is 2. The Balaban J connectivity index is 1.39. The Morgan fingerprint density at radius 3 is 2.62 bits per heavy atom. The molecule has 1 aromatic heterocycles. The molecule has 1 aliphatic carbocycles. The summed E-state index contributed by atoms with van der Waals surface area (Å²) in [7, 11) is 1.37. The molecular formula is C22H28N4O3. The maximum Gasteiger partial charge on any atom is 0.407 e. The molecule has 29 heavy (non-hydrogen) atoms. The van der Waals surface area contributed by atoms with Crippen LogP contribution < -0.4 is 5.32 Å². The smallest absolute Gasteiger partial charge is 0.407 e. The van der Waals surface area contributed by atoms with Gasteiger partial charge in [-0.1, -0.05) is 30.3 Å². The Kier molecular flexibility index (Phi) is 5.83. The van der Waals surface area contributed by atoms with Gasteiger partial charge in [0.25, 0.3) is 0 Å². The number of rotatable bonds is 4. The fourth-order valence-electron chi connectivity index (χ4n) is 4.53. The number of aromatic amines is 1. The van der Waals surface area contributed by atoms with Crippen molar-refractivity contribution in [3.05, 3.63) is 42.4 Å². The second-order valence-electron chi connectivity index (χ2n) is 7.92. The summed E-state index contributed by atoms with van der Waals surface area (Å²) in [4.78, 5) is 34.6. The topological polar surface area (TPSA) is 87.3 Å². The van der Waals surface area contributed by atoms with Crippen molar-refractivity contribution >= 4 is 12.0 Å². The highest BCUT2D eigenvalue weighted by Crippen LogP contribution is 2.35. The number of carbonyl (C=O) groups is 2. The number of nitrogens with one attached hydrogen (secondary N) is 2.